The number of likely N-dealkylation sites (tertiary alicyclic amines) is 1. The average Bonchev–Trinajstić information content (AvgIpc) is 2.99. The van der Waals surface area contributed by atoms with Crippen LogP contribution in [0, 0.1) is 61.6 Å². The van der Waals surface area contributed by atoms with E-state index in [1.165, 1.54) is 0 Å². The number of Topliss-reactive ketones (excluding diaryl/α,β-unsaturated/α-hetero) is 1. The summed E-state index contributed by atoms with van der Waals surface area (Å²) < 4.78 is 43.0. The van der Waals surface area contributed by atoms with Crippen molar-refractivity contribution in [2.24, 2.45) is 50.2 Å². The minimum Gasteiger partial charge on any atom is -0.511 e. The number of nitrogens with zero attached hydrogens (tertiary/aromatic N) is 2. The van der Waals surface area contributed by atoms with Crippen molar-refractivity contribution in [2.75, 3.05) is 6.54 Å². The number of carbonyl (C=O) groups excluding carboxylic acids is 2. The monoisotopic (exact) mass is 574 g/mol. The molecule has 1 amide bonds. The van der Waals surface area contributed by atoms with Gasteiger partial charge in [-0.3, -0.25) is 9.59 Å². The standard InChI is InChI=1S/C33H45F3N2O3/c1-26(2)10-12-31-13-11-30(7)29(6)9-8-20-27(3,4)24(40)19(17-37)15-28(20,5)21(29)14-23(39)33(30,22(31)16-26)38(25(31)41)18-32(34,35)36/h20-22,40H,8-16,18H2,1-7H3/t20-,21+,22+,28-,29+,30-,31-,33+/m0/s1. The summed E-state index contributed by atoms with van der Waals surface area (Å²) >= 11 is 0. The van der Waals surface area contributed by atoms with E-state index < -0.39 is 57.2 Å². The Bertz CT molecular complexity index is 1310. The van der Waals surface area contributed by atoms with Crippen LogP contribution in [0.5, 0.6) is 0 Å². The molecule has 1 N–H and O–H groups in total. The number of aliphatic hydroxyl groups excluding tert-OH is 1. The van der Waals surface area contributed by atoms with Crippen LogP contribution in [0.15, 0.2) is 11.3 Å². The molecule has 8 heteroatoms. The summed E-state index contributed by atoms with van der Waals surface area (Å²) in [4.78, 5) is 30.4. The van der Waals surface area contributed by atoms with Crippen molar-refractivity contribution >= 4 is 11.7 Å². The first kappa shape index (κ1) is 29.1. The maximum atomic E-state index is 15.0. The molecule has 4 saturated carbocycles. The lowest BCUT2D eigenvalue weighted by molar-refractivity contribution is -0.249. The highest BCUT2D eigenvalue weighted by molar-refractivity contribution is 6.02. The average molecular weight is 575 g/mol. The van der Waals surface area contributed by atoms with E-state index in [1.54, 1.807) is 0 Å². The largest absolute Gasteiger partial charge is 0.511 e. The van der Waals surface area contributed by atoms with Crippen molar-refractivity contribution in [2.45, 2.75) is 118 Å². The Morgan fingerprint density at radius 3 is 2.20 bits per heavy atom. The molecule has 1 heterocycles. The first-order valence-electron chi connectivity index (χ1n) is 15.4. The third-order valence-corrected chi connectivity index (χ3v) is 14.4. The molecule has 6 rings (SSSR count). The van der Waals surface area contributed by atoms with Gasteiger partial charge in [0.25, 0.3) is 0 Å². The van der Waals surface area contributed by atoms with Gasteiger partial charge in [0.1, 0.15) is 17.8 Å². The number of amides is 1. The molecule has 1 saturated heterocycles. The number of fused-ring (bicyclic) bond motifs is 4. The Morgan fingerprint density at radius 2 is 1.59 bits per heavy atom. The number of allylic oxidation sites excluding steroid dienone is 2. The highest BCUT2D eigenvalue weighted by atomic mass is 19.4. The number of hydrogen-bond donors (Lipinski definition) is 1. The maximum Gasteiger partial charge on any atom is 0.406 e. The number of hydrogen-bond acceptors (Lipinski definition) is 4. The fourth-order valence-electron chi connectivity index (χ4n) is 12.4. The molecule has 6 aliphatic rings. The molecular formula is C33H45F3N2O3. The van der Waals surface area contributed by atoms with Crippen LogP contribution in [0.2, 0.25) is 0 Å². The first-order valence-corrected chi connectivity index (χ1v) is 15.4. The lowest BCUT2D eigenvalue weighted by atomic mass is 9.30. The highest BCUT2D eigenvalue weighted by Crippen LogP contribution is 2.80. The van der Waals surface area contributed by atoms with E-state index in [0.717, 1.165) is 17.7 Å². The normalized spacial score (nSPS) is 48.1. The van der Waals surface area contributed by atoms with Crippen molar-refractivity contribution in [1.29, 1.82) is 5.26 Å². The molecule has 1 aliphatic heterocycles. The lowest BCUT2D eigenvalue weighted by Crippen LogP contribution is -2.78. The molecule has 41 heavy (non-hydrogen) atoms. The van der Waals surface area contributed by atoms with Crippen LogP contribution in [-0.4, -0.2) is 40.0 Å². The van der Waals surface area contributed by atoms with Crippen molar-refractivity contribution in [3.05, 3.63) is 11.3 Å². The van der Waals surface area contributed by atoms with Crippen molar-refractivity contribution in [3.8, 4) is 6.07 Å². The van der Waals surface area contributed by atoms with Crippen LogP contribution in [-0.2, 0) is 9.59 Å². The second kappa shape index (κ2) is 7.91. The number of carbonyl (C=O) groups is 2. The second-order valence-electron chi connectivity index (χ2n) is 16.7. The number of alkyl halides is 3. The number of halogens is 3. The van der Waals surface area contributed by atoms with Gasteiger partial charge in [0.05, 0.1) is 17.1 Å². The minimum absolute atomic E-state index is 0.0170. The van der Waals surface area contributed by atoms with E-state index >= 15 is 4.79 Å². The molecule has 0 aromatic heterocycles. The zero-order chi connectivity index (χ0) is 30.4. The minimum atomic E-state index is -4.61. The van der Waals surface area contributed by atoms with Crippen LogP contribution in [0.1, 0.15) is 106 Å². The second-order valence-corrected chi connectivity index (χ2v) is 16.7. The molecule has 5 aliphatic carbocycles. The number of rotatable bonds is 1. The van der Waals surface area contributed by atoms with Crippen LogP contribution in [0.3, 0.4) is 0 Å². The molecule has 5 fully saturated rings. The summed E-state index contributed by atoms with van der Waals surface area (Å²) in [5, 5.41) is 21.1. The summed E-state index contributed by atoms with van der Waals surface area (Å²) in [5.41, 5.74) is -4.76. The maximum absolute atomic E-state index is 15.0. The summed E-state index contributed by atoms with van der Waals surface area (Å²) in [7, 11) is 0. The molecule has 0 aromatic carbocycles. The summed E-state index contributed by atoms with van der Waals surface area (Å²) in [5.74, 6) is -1.14. The number of nitriles is 1. The molecule has 8 atom stereocenters. The van der Waals surface area contributed by atoms with Gasteiger partial charge in [-0.15, -0.1) is 0 Å². The van der Waals surface area contributed by atoms with E-state index in [1.807, 2.05) is 20.8 Å². The number of aliphatic hydroxyl groups is 1. The SMILES string of the molecule is CC1(C)CC[C@]23CC[C@@]4(C)[C@]5(C)CC[C@H]6C(C)(C)C(O)=C(C#N)C[C@]6(C)[C@H]5CC(=O)[C@@]4([C@@H]2C1)N(CC(F)(F)F)C3=O. The molecule has 2 bridgehead atoms. The van der Waals surface area contributed by atoms with E-state index in [0.29, 0.717) is 44.1 Å². The zero-order valence-electron chi connectivity index (χ0n) is 25.6. The van der Waals surface area contributed by atoms with Crippen molar-refractivity contribution < 1.29 is 27.9 Å². The quantitative estimate of drug-likeness (QED) is 0.351. The molecule has 0 unspecified atom stereocenters. The Hall–Kier alpha value is -2.04. The topological polar surface area (TPSA) is 81.4 Å². The third kappa shape index (κ3) is 3.14. The Kier molecular flexibility index (Phi) is 5.61. The lowest BCUT2D eigenvalue weighted by Gasteiger charge is -2.74. The summed E-state index contributed by atoms with van der Waals surface area (Å²) in [6.07, 6.45) is 0.212. The van der Waals surface area contributed by atoms with Crippen molar-refractivity contribution in [3.63, 3.8) is 0 Å². The van der Waals surface area contributed by atoms with E-state index in [-0.39, 0.29) is 35.2 Å². The van der Waals surface area contributed by atoms with Gasteiger partial charge in [-0.25, -0.2) is 0 Å². The number of ketones is 1. The van der Waals surface area contributed by atoms with Crippen LogP contribution in [0.4, 0.5) is 13.2 Å². The van der Waals surface area contributed by atoms with Gasteiger partial charge in [-0.05, 0) is 79.4 Å². The third-order valence-electron chi connectivity index (χ3n) is 14.4. The fourth-order valence-corrected chi connectivity index (χ4v) is 12.4. The summed E-state index contributed by atoms with van der Waals surface area (Å²) in [6, 6.07) is 2.23. The Labute approximate surface area is 241 Å². The molecule has 0 aromatic rings. The summed E-state index contributed by atoms with van der Waals surface area (Å²) in [6.45, 7) is 13.2. The molecule has 0 radical (unpaired) electrons. The van der Waals surface area contributed by atoms with Crippen LogP contribution >= 0.6 is 0 Å². The fraction of sp³-hybridized carbons (Fsp3) is 0.848. The van der Waals surface area contributed by atoms with Crippen LogP contribution < -0.4 is 0 Å². The molecule has 5 nitrogen and oxygen atoms in total. The van der Waals surface area contributed by atoms with Gasteiger partial charge in [-0.2, -0.15) is 18.4 Å². The van der Waals surface area contributed by atoms with Gasteiger partial charge in [-0.1, -0.05) is 48.5 Å². The van der Waals surface area contributed by atoms with Gasteiger partial charge in [0.2, 0.25) is 5.91 Å². The van der Waals surface area contributed by atoms with Crippen LogP contribution in [0.25, 0.3) is 0 Å². The smallest absolute Gasteiger partial charge is 0.406 e. The molecule has 1 spiro atoms. The molecular weight excluding hydrogens is 529 g/mol. The van der Waals surface area contributed by atoms with Gasteiger partial charge in [0, 0.05) is 23.2 Å². The highest BCUT2D eigenvalue weighted by Gasteiger charge is 2.84. The van der Waals surface area contributed by atoms with E-state index in [9.17, 15) is 28.3 Å². The predicted octanol–water partition coefficient (Wildman–Crippen LogP) is 7.52. The van der Waals surface area contributed by atoms with Gasteiger partial charge < -0.3 is 10.0 Å². The van der Waals surface area contributed by atoms with Gasteiger partial charge in [0.15, 0.2) is 5.78 Å². The zero-order valence-corrected chi connectivity index (χ0v) is 25.6. The molecule has 226 valence electrons. The van der Waals surface area contributed by atoms with Gasteiger partial charge >= 0.3 is 6.18 Å². The predicted molar refractivity (Wildman–Crippen MR) is 147 cm³/mol. The Morgan fingerprint density at radius 1 is 0.951 bits per heavy atom. The van der Waals surface area contributed by atoms with E-state index in [2.05, 4.69) is 33.8 Å². The Balaban J connectivity index is 1.57. The van der Waals surface area contributed by atoms with Crippen molar-refractivity contribution in [1.82, 2.24) is 4.90 Å². The van der Waals surface area contributed by atoms with E-state index in [4.69, 9.17) is 0 Å². The first-order chi connectivity index (χ1) is 18.7.